The molecule has 0 spiro atoms. The Morgan fingerprint density at radius 1 is 0.548 bits per heavy atom. The highest BCUT2D eigenvalue weighted by atomic mass is 16.8. The largest absolute Gasteiger partial charge is 0.496 e. The number of amides is 2. The second kappa shape index (κ2) is 20.0. The smallest absolute Gasteiger partial charge is 0.444 e. The Balaban J connectivity index is 0.797. The Morgan fingerprint density at radius 2 is 0.952 bits per heavy atom. The molecule has 12 nitrogen and oxygen atoms in total. The first-order valence-electron chi connectivity index (χ1n) is 22.3. The molecule has 2 saturated heterocycles. The molecule has 0 radical (unpaired) electrons. The molecular weight excluding hydrogens is 785 g/mol. The summed E-state index contributed by atoms with van der Waals surface area (Å²) in [6.45, 7) is 6.18. The number of nitrogens with zero attached hydrogens (tertiary/aromatic N) is 4. The van der Waals surface area contributed by atoms with Crippen LogP contribution in [0, 0.1) is 0 Å². The van der Waals surface area contributed by atoms with Crippen molar-refractivity contribution in [3.8, 4) is 11.5 Å². The maximum absolute atomic E-state index is 13.1. The summed E-state index contributed by atoms with van der Waals surface area (Å²) in [6.07, 6.45) is 9.40. The summed E-state index contributed by atoms with van der Waals surface area (Å²) in [6, 6.07) is 28.2. The Labute approximate surface area is 364 Å². The van der Waals surface area contributed by atoms with Crippen LogP contribution in [0.3, 0.4) is 0 Å². The zero-order valence-corrected chi connectivity index (χ0v) is 36.0. The summed E-state index contributed by atoms with van der Waals surface area (Å²) in [4.78, 5) is 68.0. The molecule has 0 aliphatic carbocycles. The van der Waals surface area contributed by atoms with Gasteiger partial charge < -0.3 is 28.9 Å². The minimum atomic E-state index is -1.38. The third-order valence-corrected chi connectivity index (χ3v) is 13.1. The number of carbonyl (C=O) groups excluding carboxylic acids is 4. The number of aryl methyl sites for hydroxylation is 4. The summed E-state index contributed by atoms with van der Waals surface area (Å²) in [5, 5.41) is 1.78. The summed E-state index contributed by atoms with van der Waals surface area (Å²) in [5.74, 6) is -0.681. The number of rotatable bonds is 14. The number of fused-ring (bicyclic) bond motifs is 2. The van der Waals surface area contributed by atoms with Crippen LogP contribution in [-0.2, 0) is 54.5 Å². The van der Waals surface area contributed by atoms with E-state index in [1.165, 1.54) is 11.1 Å². The highest BCUT2D eigenvalue weighted by Gasteiger charge is 2.35. The molecule has 0 atom stereocenters. The molecule has 4 heterocycles. The number of hydroxylamine groups is 2. The van der Waals surface area contributed by atoms with E-state index in [1.807, 2.05) is 36.4 Å². The van der Waals surface area contributed by atoms with Crippen LogP contribution in [0.25, 0.3) is 0 Å². The van der Waals surface area contributed by atoms with E-state index in [2.05, 4.69) is 46.2 Å². The average molecular weight is 843 g/mol. The van der Waals surface area contributed by atoms with Crippen LogP contribution in [0.2, 0.25) is 0 Å². The van der Waals surface area contributed by atoms with Crippen molar-refractivity contribution in [3.63, 3.8) is 0 Å². The van der Waals surface area contributed by atoms with Crippen molar-refractivity contribution < 1.29 is 38.3 Å². The first-order valence-corrected chi connectivity index (χ1v) is 22.3. The molecule has 8 rings (SSSR count). The lowest BCUT2D eigenvalue weighted by Crippen LogP contribution is -2.43. The SMILES string of the molecule is COc1ccccc1C1CCN(CCCc2ccc3c(c2)CCC(=O)N3OC(=O)C(=O)ON2C(=O)CCc3cc(CCCN4CCC(c5ccccc5OC)CC4)ccc32)CC1. The quantitative estimate of drug-likeness (QED) is 0.118. The molecule has 0 N–H and O–H groups in total. The maximum Gasteiger partial charge on any atom is 0.444 e. The van der Waals surface area contributed by atoms with Crippen LogP contribution in [0.15, 0.2) is 84.9 Å². The highest BCUT2D eigenvalue weighted by molar-refractivity contribution is 6.30. The minimum absolute atomic E-state index is 0.128. The van der Waals surface area contributed by atoms with Crippen molar-refractivity contribution in [2.75, 3.05) is 63.6 Å². The van der Waals surface area contributed by atoms with Gasteiger partial charge in [-0.25, -0.2) is 9.59 Å². The summed E-state index contributed by atoms with van der Waals surface area (Å²) < 4.78 is 11.2. The van der Waals surface area contributed by atoms with Crippen LogP contribution in [0.1, 0.15) is 96.6 Å². The lowest BCUT2D eigenvalue weighted by molar-refractivity contribution is -0.172. The number of hydrogen-bond acceptors (Lipinski definition) is 10. The fourth-order valence-electron chi connectivity index (χ4n) is 9.74. The number of likely N-dealkylation sites (tertiary alicyclic amines) is 2. The second-order valence-corrected chi connectivity index (χ2v) is 17.0. The number of ether oxygens (including phenoxy) is 2. The molecule has 4 aliphatic rings. The van der Waals surface area contributed by atoms with Gasteiger partial charge in [0.2, 0.25) is 0 Å². The molecule has 0 aromatic heterocycles. The van der Waals surface area contributed by atoms with E-state index in [4.69, 9.17) is 19.1 Å². The lowest BCUT2D eigenvalue weighted by atomic mass is 9.88. The Bertz CT molecular complexity index is 2090. The predicted octanol–water partition coefficient (Wildman–Crippen LogP) is 7.50. The van der Waals surface area contributed by atoms with E-state index in [0.29, 0.717) is 36.1 Å². The molecule has 0 unspecified atom stereocenters. The van der Waals surface area contributed by atoms with Crippen LogP contribution in [-0.4, -0.2) is 87.0 Å². The summed E-state index contributed by atoms with van der Waals surface area (Å²) in [5.41, 5.74) is 7.45. The first kappa shape index (κ1) is 42.9. The Hall–Kier alpha value is -5.72. The lowest BCUT2D eigenvalue weighted by Gasteiger charge is -2.32. The number of hydrogen-bond donors (Lipinski definition) is 0. The number of piperidine rings is 2. The minimum Gasteiger partial charge on any atom is -0.496 e. The number of anilines is 2. The van der Waals surface area contributed by atoms with Gasteiger partial charge in [-0.3, -0.25) is 9.59 Å². The Kier molecular flexibility index (Phi) is 13.8. The van der Waals surface area contributed by atoms with E-state index < -0.39 is 23.8 Å². The van der Waals surface area contributed by atoms with Gasteiger partial charge in [0, 0.05) is 12.8 Å². The molecule has 62 heavy (non-hydrogen) atoms. The number of carbonyl (C=O) groups is 4. The fourth-order valence-corrected chi connectivity index (χ4v) is 9.74. The van der Waals surface area contributed by atoms with E-state index >= 15 is 0 Å². The van der Waals surface area contributed by atoms with Crippen molar-refractivity contribution >= 4 is 35.1 Å². The third kappa shape index (κ3) is 9.98. The molecule has 2 amide bonds. The molecular formula is C50H58N4O8. The third-order valence-electron chi connectivity index (χ3n) is 13.1. The van der Waals surface area contributed by atoms with Crippen LogP contribution in [0.4, 0.5) is 11.4 Å². The molecule has 0 bridgehead atoms. The molecule has 0 saturated carbocycles. The van der Waals surface area contributed by atoms with Gasteiger partial charge in [-0.05, 0) is 173 Å². The standard InChI is InChI=1S/C50H58N4O8/c1-59-45-13-5-3-11-41(45)37-23-29-51(30-24-37)27-7-9-35-15-19-43-39(33-35)17-21-47(55)53(43)61-49(57)50(58)62-54-44-20-16-36(34-40(44)18-22-48(54)56)10-8-28-52-31-25-38(26-32-52)42-12-4-6-14-46(42)60-2/h3-6,11-16,19-20,33-34,37-38H,7-10,17-18,21-32H2,1-2H3. The topological polar surface area (TPSA) is 118 Å². The van der Waals surface area contributed by atoms with Crippen molar-refractivity contribution in [3.05, 3.63) is 118 Å². The van der Waals surface area contributed by atoms with Gasteiger partial charge in [-0.15, -0.1) is 10.1 Å². The van der Waals surface area contributed by atoms with Crippen molar-refractivity contribution in [1.29, 1.82) is 0 Å². The number of benzene rings is 4. The van der Waals surface area contributed by atoms with E-state index in [9.17, 15) is 19.2 Å². The van der Waals surface area contributed by atoms with Crippen molar-refractivity contribution in [2.24, 2.45) is 0 Å². The monoisotopic (exact) mass is 842 g/mol. The summed E-state index contributed by atoms with van der Waals surface area (Å²) in [7, 11) is 3.47. The van der Waals surface area contributed by atoms with Gasteiger partial charge >= 0.3 is 11.9 Å². The number of methoxy groups -OCH3 is 2. The summed E-state index contributed by atoms with van der Waals surface area (Å²) >= 11 is 0. The van der Waals surface area contributed by atoms with E-state index in [1.54, 1.807) is 26.4 Å². The van der Waals surface area contributed by atoms with Crippen LogP contribution in [0.5, 0.6) is 11.5 Å². The normalized spacial score (nSPS) is 17.6. The molecule has 4 aliphatic heterocycles. The molecule has 4 aromatic rings. The van der Waals surface area contributed by atoms with E-state index in [0.717, 1.165) is 135 Å². The second-order valence-electron chi connectivity index (χ2n) is 17.0. The maximum atomic E-state index is 13.1. The zero-order valence-electron chi connectivity index (χ0n) is 36.0. The van der Waals surface area contributed by atoms with Crippen molar-refractivity contribution in [1.82, 2.24) is 9.80 Å². The van der Waals surface area contributed by atoms with Gasteiger partial charge in [0.15, 0.2) is 0 Å². The average Bonchev–Trinajstić information content (AvgIpc) is 3.31. The van der Waals surface area contributed by atoms with Gasteiger partial charge in [-0.1, -0.05) is 60.7 Å². The van der Waals surface area contributed by atoms with Crippen LogP contribution >= 0.6 is 0 Å². The van der Waals surface area contributed by atoms with Gasteiger partial charge in [0.1, 0.15) is 11.5 Å². The van der Waals surface area contributed by atoms with Crippen molar-refractivity contribution in [2.45, 2.75) is 88.9 Å². The van der Waals surface area contributed by atoms with Gasteiger partial charge in [0.25, 0.3) is 11.8 Å². The predicted molar refractivity (Wildman–Crippen MR) is 236 cm³/mol. The highest BCUT2D eigenvalue weighted by Crippen LogP contribution is 2.36. The fraction of sp³-hybridized carbons (Fsp3) is 0.440. The first-order chi connectivity index (χ1) is 30.3. The number of para-hydroxylation sites is 2. The van der Waals surface area contributed by atoms with Gasteiger partial charge in [0.05, 0.1) is 25.6 Å². The zero-order chi connectivity index (χ0) is 43.0. The van der Waals surface area contributed by atoms with E-state index in [-0.39, 0.29) is 12.8 Å². The molecule has 326 valence electrons. The molecule has 4 aromatic carbocycles. The Morgan fingerprint density at radius 3 is 1.35 bits per heavy atom. The molecule has 2 fully saturated rings. The van der Waals surface area contributed by atoms with Crippen LogP contribution < -0.4 is 19.6 Å². The van der Waals surface area contributed by atoms with Gasteiger partial charge in [-0.2, -0.15) is 0 Å². The molecule has 12 heteroatoms.